The number of ether oxygens (including phenoxy) is 1. The Morgan fingerprint density at radius 1 is 1.35 bits per heavy atom. The van der Waals surface area contributed by atoms with Crippen LogP contribution >= 0.6 is 11.6 Å². The van der Waals surface area contributed by atoms with Crippen molar-refractivity contribution in [3.63, 3.8) is 0 Å². The molecule has 0 aliphatic carbocycles. The molecule has 1 aromatic carbocycles. The van der Waals surface area contributed by atoms with Crippen LogP contribution in [0.2, 0.25) is 5.02 Å². The second-order valence-electron chi connectivity index (χ2n) is 9.69. The molecule has 3 aliphatic heterocycles. The van der Waals surface area contributed by atoms with Crippen LogP contribution in [0, 0.1) is 17.8 Å². The van der Waals surface area contributed by atoms with Crippen LogP contribution < -0.4 is 4.90 Å². The first-order valence-corrected chi connectivity index (χ1v) is 12.0. The third-order valence-electron chi connectivity index (χ3n) is 7.84. The lowest BCUT2D eigenvalue weighted by molar-refractivity contribution is -0.156. The first kappa shape index (κ1) is 24.7. The van der Waals surface area contributed by atoms with Gasteiger partial charge in [-0.25, -0.2) is 0 Å². The molecule has 2 bridgehead atoms. The lowest BCUT2D eigenvalue weighted by Gasteiger charge is -2.37. The van der Waals surface area contributed by atoms with Gasteiger partial charge in [-0.1, -0.05) is 36.7 Å². The molecule has 6 atom stereocenters. The number of fused-ring (bicyclic) bond motifs is 1. The molecular weight excluding hydrogens is 460 g/mol. The summed E-state index contributed by atoms with van der Waals surface area (Å²) in [5, 5.41) is 19.7. The van der Waals surface area contributed by atoms with Gasteiger partial charge in [-0.2, -0.15) is 0 Å². The van der Waals surface area contributed by atoms with Crippen LogP contribution in [0.5, 0.6) is 0 Å². The van der Waals surface area contributed by atoms with Gasteiger partial charge in [-0.05, 0) is 44.2 Å². The molecule has 3 saturated heterocycles. The van der Waals surface area contributed by atoms with Crippen molar-refractivity contribution in [2.45, 2.75) is 50.4 Å². The number of aliphatic carboxylic acids is 1. The molecule has 4 rings (SSSR count). The van der Waals surface area contributed by atoms with Crippen molar-refractivity contribution >= 4 is 35.1 Å². The van der Waals surface area contributed by atoms with Gasteiger partial charge in [0, 0.05) is 19.7 Å². The number of carbonyl (C=O) groups excluding carboxylic acids is 2. The summed E-state index contributed by atoms with van der Waals surface area (Å²) < 4.78 is 6.49. The minimum Gasteiger partial charge on any atom is -0.481 e. The van der Waals surface area contributed by atoms with E-state index >= 15 is 0 Å². The molecule has 9 heteroatoms. The molecule has 1 spiro atoms. The zero-order chi connectivity index (χ0) is 24.8. The highest BCUT2D eigenvalue weighted by Crippen LogP contribution is 2.65. The van der Waals surface area contributed by atoms with Crippen molar-refractivity contribution < 1.29 is 29.3 Å². The molecular formula is C25H31ClN2O6. The van der Waals surface area contributed by atoms with Crippen molar-refractivity contribution in [3.8, 4) is 0 Å². The summed E-state index contributed by atoms with van der Waals surface area (Å²) in [7, 11) is 0. The number of anilines is 1. The highest BCUT2D eigenvalue weighted by atomic mass is 35.5. The molecule has 0 saturated carbocycles. The Hall–Kier alpha value is -2.42. The van der Waals surface area contributed by atoms with Gasteiger partial charge in [0.1, 0.15) is 17.6 Å². The standard InChI is InChI=1S/C25H31ClN2O6/c1-4-11-27(17-10-6-5-9-16(17)26)22(31)20-25-14-15(2)24(3,34-25)19(23(32)33)18(25)21(30)28(20)12-7-8-13-29/h4-6,9-10,15,18-20,29H,1,7-8,11-14H2,2-3H3,(H,32,33)/t15?,18-,19+,20?,24-,25?/m0/s1. The van der Waals surface area contributed by atoms with E-state index in [0.717, 1.165) is 0 Å². The maximum Gasteiger partial charge on any atom is 0.310 e. The van der Waals surface area contributed by atoms with Crippen LogP contribution in [0.1, 0.15) is 33.1 Å². The topological polar surface area (TPSA) is 107 Å². The molecule has 2 N–H and O–H groups in total. The van der Waals surface area contributed by atoms with E-state index in [0.29, 0.717) is 30.0 Å². The van der Waals surface area contributed by atoms with Gasteiger partial charge in [-0.15, -0.1) is 6.58 Å². The van der Waals surface area contributed by atoms with Crippen LogP contribution in [0.3, 0.4) is 0 Å². The van der Waals surface area contributed by atoms with Crippen molar-refractivity contribution in [2.24, 2.45) is 17.8 Å². The number of nitrogens with zero attached hydrogens (tertiary/aromatic N) is 2. The number of para-hydroxylation sites is 1. The van der Waals surface area contributed by atoms with E-state index in [1.54, 1.807) is 37.3 Å². The molecule has 3 fully saturated rings. The summed E-state index contributed by atoms with van der Waals surface area (Å²) >= 11 is 6.43. The first-order valence-electron chi connectivity index (χ1n) is 11.6. The number of carboxylic acids is 1. The Kier molecular flexibility index (Phi) is 6.52. The summed E-state index contributed by atoms with van der Waals surface area (Å²) in [6.45, 7) is 7.77. The van der Waals surface area contributed by atoms with Crippen LogP contribution in [-0.2, 0) is 19.1 Å². The van der Waals surface area contributed by atoms with E-state index in [1.165, 1.54) is 9.80 Å². The van der Waals surface area contributed by atoms with Crippen LogP contribution in [0.15, 0.2) is 36.9 Å². The fraction of sp³-hybridized carbons (Fsp3) is 0.560. The number of unbranched alkanes of at least 4 members (excludes halogenated alkanes) is 1. The maximum absolute atomic E-state index is 14.2. The van der Waals surface area contributed by atoms with Gasteiger partial charge >= 0.3 is 5.97 Å². The maximum atomic E-state index is 14.2. The minimum absolute atomic E-state index is 0.0409. The van der Waals surface area contributed by atoms with E-state index in [2.05, 4.69) is 6.58 Å². The van der Waals surface area contributed by atoms with E-state index < -0.39 is 35.0 Å². The number of carboxylic acid groups (broad SMARTS) is 1. The molecule has 3 unspecified atom stereocenters. The van der Waals surface area contributed by atoms with E-state index in [4.69, 9.17) is 16.3 Å². The fourth-order valence-corrected chi connectivity index (χ4v) is 6.52. The summed E-state index contributed by atoms with van der Waals surface area (Å²) in [4.78, 5) is 43.3. The smallest absolute Gasteiger partial charge is 0.310 e. The van der Waals surface area contributed by atoms with Crippen LogP contribution in [-0.4, -0.2) is 69.8 Å². The Labute approximate surface area is 204 Å². The molecule has 0 aromatic heterocycles. The predicted molar refractivity (Wildman–Crippen MR) is 126 cm³/mol. The zero-order valence-corrected chi connectivity index (χ0v) is 20.2. The summed E-state index contributed by atoms with van der Waals surface area (Å²) in [6, 6.07) is 5.93. The van der Waals surface area contributed by atoms with Gasteiger partial charge in [0.2, 0.25) is 5.91 Å². The van der Waals surface area contributed by atoms with E-state index in [1.807, 2.05) is 6.92 Å². The van der Waals surface area contributed by atoms with Crippen molar-refractivity contribution in [2.75, 3.05) is 24.6 Å². The Bertz CT molecular complexity index is 1020. The molecule has 184 valence electrons. The highest BCUT2D eigenvalue weighted by Gasteiger charge is 2.80. The monoisotopic (exact) mass is 490 g/mol. The predicted octanol–water partition coefficient (Wildman–Crippen LogP) is 2.73. The second-order valence-corrected chi connectivity index (χ2v) is 10.1. The average molecular weight is 491 g/mol. The Morgan fingerprint density at radius 2 is 2.06 bits per heavy atom. The van der Waals surface area contributed by atoms with E-state index in [-0.39, 0.29) is 37.4 Å². The van der Waals surface area contributed by atoms with Gasteiger partial charge in [-0.3, -0.25) is 14.4 Å². The Balaban J connectivity index is 1.82. The number of amides is 2. The number of aliphatic hydroxyl groups excluding tert-OH is 1. The number of carbonyl (C=O) groups is 3. The lowest BCUT2D eigenvalue weighted by Crippen LogP contribution is -2.57. The third-order valence-corrected chi connectivity index (χ3v) is 8.16. The molecule has 3 heterocycles. The van der Waals surface area contributed by atoms with E-state index in [9.17, 15) is 24.6 Å². The second kappa shape index (κ2) is 8.98. The largest absolute Gasteiger partial charge is 0.481 e. The molecule has 1 aromatic rings. The molecule has 3 aliphatic rings. The van der Waals surface area contributed by atoms with Gasteiger partial charge in [0.15, 0.2) is 0 Å². The third kappa shape index (κ3) is 3.46. The number of likely N-dealkylation sites (tertiary alicyclic amines) is 1. The number of hydrogen-bond donors (Lipinski definition) is 2. The van der Waals surface area contributed by atoms with Gasteiger partial charge in [0.05, 0.1) is 22.2 Å². The number of aliphatic hydroxyl groups is 1. The van der Waals surface area contributed by atoms with Crippen LogP contribution in [0.4, 0.5) is 5.69 Å². The summed E-state index contributed by atoms with van der Waals surface area (Å²) in [5.74, 6) is -4.00. The van der Waals surface area contributed by atoms with Crippen LogP contribution in [0.25, 0.3) is 0 Å². The van der Waals surface area contributed by atoms with Gasteiger partial charge in [0.25, 0.3) is 5.91 Å². The zero-order valence-electron chi connectivity index (χ0n) is 19.4. The van der Waals surface area contributed by atoms with Crippen molar-refractivity contribution in [1.29, 1.82) is 0 Å². The average Bonchev–Trinajstić information content (AvgIpc) is 3.29. The molecule has 34 heavy (non-hydrogen) atoms. The summed E-state index contributed by atoms with van der Waals surface area (Å²) in [6.07, 6.45) is 2.93. The number of halogens is 1. The van der Waals surface area contributed by atoms with Crippen molar-refractivity contribution in [1.82, 2.24) is 4.90 Å². The normalized spacial score (nSPS) is 33.8. The fourth-order valence-electron chi connectivity index (χ4n) is 6.28. The lowest BCUT2D eigenvalue weighted by atomic mass is 9.62. The highest BCUT2D eigenvalue weighted by molar-refractivity contribution is 6.34. The minimum atomic E-state index is -1.24. The number of rotatable bonds is 9. The number of benzene rings is 1. The first-order chi connectivity index (χ1) is 16.1. The molecule has 0 radical (unpaired) electrons. The quantitative estimate of drug-likeness (QED) is 0.407. The van der Waals surface area contributed by atoms with Crippen molar-refractivity contribution in [3.05, 3.63) is 41.9 Å². The number of hydrogen-bond acceptors (Lipinski definition) is 5. The van der Waals surface area contributed by atoms with Gasteiger partial charge < -0.3 is 24.7 Å². The Morgan fingerprint density at radius 3 is 2.68 bits per heavy atom. The summed E-state index contributed by atoms with van der Waals surface area (Å²) in [5.41, 5.74) is -1.81. The molecule has 8 nitrogen and oxygen atoms in total. The SMILES string of the molecule is C=CCN(C(=O)C1N(CCCCO)C(=O)[C@@H]2[C@H](C(=O)O)[C@@]3(C)OC12CC3C)c1ccccc1Cl. The molecule has 2 amide bonds.